The summed E-state index contributed by atoms with van der Waals surface area (Å²) in [7, 11) is 0. The normalized spacial score (nSPS) is 12.6. The van der Waals surface area contributed by atoms with Crippen molar-refractivity contribution in [3.63, 3.8) is 0 Å². The van der Waals surface area contributed by atoms with E-state index < -0.39 is 28.9 Å². The highest BCUT2D eigenvalue weighted by molar-refractivity contribution is 6.05. The van der Waals surface area contributed by atoms with Crippen LogP contribution >= 0.6 is 0 Å². The van der Waals surface area contributed by atoms with E-state index in [9.17, 15) is 29.3 Å². The summed E-state index contributed by atoms with van der Waals surface area (Å²) in [6.07, 6.45) is 1.35. The number of amides is 3. The third kappa shape index (κ3) is 8.91. The molecule has 0 spiro atoms. The highest BCUT2D eigenvalue weighted by Gasteiger charge is 2.31. The second-order valence-electron chi connectivity index (χ2n) is 11.0. The van der Waals surface area contributed by atoms with E-state index in [4.69, 9.17) is 14.9 Å². The number of nitrogens with one attached hydrogen (secondary N) is 3. The SMILES string of the molecule is CCOC(=O)Cn1cc2c(n1)CCN(C(=O)[C@H](Cc1ccc([N+](=O)[O-])cc1)NC(=O)c1ccc(C(=N)NC(=O)Oc3ccccc3)cc1)C2. The van der Waals surface area contributed by atoms with Crippen molar-refractivity contribution in [2.24, 2.45) is 0 Å². The number of non-ortho nitro benzene ring substituents is 1. The highest BCUT2D eigenvalue weighted by atomic mass is 16.6. The predicted octanol–water partition coefficient (Wildman–Crippen LogP) is 3.39. The van der Waals surface area contributed by atoms with Gasteiger partial charge in [-0.2, -0.15) is 5.10 Å². The molecule has 3 aromatic carbocycles. The Hall–Kier alpha value is -6.38. The first-order valence-corrected chi connectivity index (χ1v) is 15.4. The molecule has 0 saturated carbocycles. The Bertz CT molecular complexity index is 1860. The van der Waals surface area contributed by atoms with Gasteiger partial charge in [-0.25, -0.2) is 4.79 Å². The first-order chi connectivity index (χ1) is 23.6. The average molecular weight is 668 g/mol. The number of aromatic nitrogens is 2. The number of nitro benzene ring substituents is 1. The lowest BCUT2D eigenvalue weighted by molar-refractivity contribution is -0.384. The van der Waals surface area contributed by atoms with Crippen molar-refractivity contribution in [2.75, 3.05) is 13.2 Å². The Labute approximate surface area is 280 Å². The minimum Gasteiger partial charge on any atom is -0.465 e. The predicted molar refractivity (Wildman–Crippen MR) is 175 cm³/mol. The van der Waals surface area contributed by atoms with Gasteiger partial charge in [0.05, 0.1) is 17.2 Å². The van der Waals surface area contributed by atoms with Crippen molar-refractivity contribution in [3.8, 4) is 5.75 Å². The Morgan fingerprint density at radius 1 is 1.00 bits per heavy atom. The number of para-hydroxylation sites is 1. The Balaban J connectivity index is 1.27. The zero-order valence-electron chi connectivity index (χ0n) is 26.5. The van der Waals surface area contributed by atoms with Crippen molar-refractivity contribution in [3.05, 3.63) is 123 Å². The lowest BCUT2D eigenvalue weighted by Crippen LogP contribution is -2.50. The number of benzene rings is 3. The van der Waals surface area contributed by atoms with Gasteiger partial charge < -0.3 is 19.7 Å². The molecular weight excluding hydrogens is 634 g/mol. The van der Waals surface area contributed by atoms with Crippen molar-refractivity contribution >= 4 is 35.4 Å². The van der Waals surface area contributed by atoms with Gasteiger partial charge >= 0.3 is 12.1 Å². The van der Waals surface area contributed by atoms with Gasteiger partial charge in [0.2, 0.25) is 5.91 Å². The summed E-state index contributed by atoms with van der Waals surface area (Å²) in [6.45, 7) is 2.44. The van der Waals surface area contributed by atoms with E-state index in [0.29, 0.717) is 29.8 Å². The van der Waals surface area contributed by atoms with Crippen LogP contribution < -0.4 is 15.4 Å². The lowest BCUT2D eigenvalue weighted by Gasteiger charge is -2.30. The maximum Gasteiger partial charge on any atom is 0.418 e. The molecule has 15 nitrogen and oxygen atoms in total. The van der Waals surface area contributed by atoms with Crippen LogP contribution in [-0.4, -0.2) is 68.5 Å². The summed E-state index contributed by atoms with van der Waals surface area (Å²) in [6, 6.07) is 19.0. The third-order valence-corrected chi connectivity index (χ3v) is 7.62. The summed E-state index contributed by atoms with van der Waals surface area (Å²) >= 11 is 0. The number of carbonyl (C=O) groups is 4. The fourth-order valence-electron chi connectivity index (χ4n) is 5.21. The summed E-state index contributed by atoms with van der Waals surface area (Å²) in [5.41, 5.74) is 2.54. The van der Waals surface area contributed by atoms with Crippen molar-refractivity contribution < 1.29 is 33.6 Å². The third-order valence-electron chi connectivity index (χ3n) is 7.62. The van der Waals surface area contributed by atoms with Crippen LogP contribution in [0.4, 0.5) is 10.5 Å². The van der Waals surface area contributed by atoms with Crippen molar-refractivity contribution in [1.29, 1.82) is 5.41 Å². The molecule has 1 aliphatic rings. The van der Waals surface area contributed by atoms with E-state index in [1.54, 1.807) is 48.4 Å². The van der Waals surface area contributed by atoms with Crippen molar-refractivity contribution in [1.82, 2.24) is 25.3 Å². The van der Waals surface area contributed by atoms with Crippen LogP contribution in [-0.2, 0) is 40.3 Å². The summed E-state index contributed by atoms with van der Waals surface area (Å²) in [5, 5.41) is 29.0. The van der Waals surface area contributed by atoms with Gasteiger partial charge in [-0.15, -0.1) is 0 Å². The zero-order chi connectivity index (χ0) is 34.9. The largest absolute Gasteiger partial charge is 0.465 e. The summed E-state index contributed by atoms with van der Waals surface area (Å²) in [4.78, 5) is 63.7. The Morgan fingerprint density at radius 3 is 2.37 bits per heavy atom. The Kier molecular flexibility index (Phi) is 10.7. The molecule has 252 valence electrons. The van der Waals surface area contributed by atoms with Crippen molar-refractivity contribution in [2.45, 2.75) is 38.9 Å². The highest BCUT2D eigenvalue weighted by Crippen LogP contribution is 2.21. The van der Waals surface area contributed by atoms with Crippen LogP contribution in [0.25, 0.3) is 0 Å². The number of rotatable bonds is 11. The van der Waals surface area contributed by atoms with E-state index >= 15 is 0 Å². The number of amidine groups is 1. The first kappa shape index (κ1) is 34.0. The van der Waals surface area contributed by atoms with Crippen LogP contribution in [0.15, 0.2) is 85.1 Å². The van der Waals surface area contributed by atoms with Gasteiger partial charge in [0.15, 0.2) is 0 Å². The zero-order valence-corrected chi connectivity index (χ0v) is 26.5. The maximum atomic E-state index is 13.9. The maximum absolute atomic E-state index is 13.9. The molecule has 0 radical (unpaired) electrons. The number of ether oxygens (including phenoxy) is 2. The molecule has 4 aromatic rings. The molecule has 0 fully saturated rings. The van der Waals surface area contributed by atoms with E-state index in [0.717, 1.165) is 11.3 Å². The van der Waals surface area contributed by atoms with Gasteiger partial charge in [0.1, 0.15) is 24.2 Å². The molecule has 0 unspecified atom stereocenters. The number of fused-ring (bicyclic) bond motifs is 1. The van der Waals surface area contributed by atoms with Gasteiger partial charge in [0.25, 0.3) is 11.6 Å². The van der Waals surface area contributed by atoms with E-state index in [1.807, 2.05) is 0 Å². The second-order valence-corrected chi connectivity index (χ2v) is 11.0. The van der Waals surface area contributed by atoms with Crippen LogP contribution in [0.3, 0.4) is 0 Å². The minimum atomic E-state index is -1.03. The molecule has 0 bridgehead atoms. The van der Waals surface area contributed by atoms with Gasteiger partial charge in [-0.3, -0.25) is 39.9 Å². The molecule has 1 aromatic heterocycles. The standard InChI is InChI=1S/C34H33N7O8/c1-2-48-30(42)21-40-20-25-19-39(17-16-28(25)38-40)33(44)29(18-22-8-14-26(15-9-22)41(46)47)36-32(43)24-12-10-23(11-13-24)31(35)37-34(45)49-27-6-4-3-5-7-27/h3-15,20,29H,2,16-19,21H2,1H3,(H,36,43)(H2,35,37,45)/t29-/m0/s1. The van der Waals surface area contributed by atoms with Gasteiger partial charge in [-0.05, 0) is 36.8 Å². The molecule has 0 saturated heterocycles. The van der Waals surface area contributed by atoms with E-state index in [1.165, 1.54) is 53.2 Å². The Morgan fingerprint density at radius 2 is 1.69 bits per heavy atom. The van der Waals surface area contributed by atoms with Gasteiger partial charge in [-0.1, -0.05) is 42.5 Å². The van der Waals surface area contributed by atoms with E-state index in [-0.39, 0.29) is 49.1 Å². The summed E-state index contributed by atoms with van der Waals surface area (Å²) in [5.74, 6) is -1.28. The number of nitro groups is 1. The van der Waals surface area contributed by atoms with Crippen LogP contribution in [0.5, 0.6) is 5.75 Å². The number of hydrogen-bond donors (Lipinski definition) is 3. The number of esters is 1. The fraction of sp³-hybridized carbons (Fsp3) is 0.235. The van der Waals surface area contributed by atoms with Crippen LogP contribution in [0.2, 0.25) is 0 Å². The number of nitrogens with zero attached hydrogens (tertiary/aromatic N) is 4. The first-order valence-electron chi connectivity index (χ1n) is 15.4. The molecular formula is C34H33N7O8. The molecule has 1 aliphatic heterocycles. The molecule has 5 rings (SSSR count). The number of carbonyl (C=O) groups excluding carboxylic acids is 4. The number of hydrogen-bond acceptors (Lipinski definition) is 10. The van der Waals surface area contributed by atoms with Crippen LogP contribution in [0, 0.1) is 15.5 Å². The molecule has 2 heterocycles. The molecule has 49 heavy (non-hydrogen) atoms. The topological polar surface area (TPSA) is 199 Å². The summed E-state index contributed by atoms with van der Waals surface area (Å²) < 4.78 is 11.6. The lowest BCUT2D eigenvalue weighted by atomic mass is 10.0. The quantitative estimate of drug-likeness (QED) is 0.0705. The van der Waals surface area contributed by atoms with Gasteiger partial charge in [0, 0.05) is 61.0 Å². The molecule has 15 heteroatoms. The van der Waals surface area contributed by atoms with Crippen LogP contribution in [0.1, 0.15) is 39.7 Å². The molecule has 0 aliphatic carbocycles. The second kappa shape index (κ2) is 15.5. The fourth-order valence-corrected chi connectivity index (χ4v) is 5.21. The molecule has 1 atom stereocenters. The smallest absolute Gasteiger partial charge is 0.418 e. The molecule has 3 N–H and O–H groups in total. The molecule has 3 amide bonds. The minimum absolute atomic E-state index is 0.0558. The van der Waals surface area contributed by atoms with E-state index in [2.05, 4.69) is 15.7 Å². The average Bonchev–Trinajstić information content (AvgIpc) is 3.49. The monoisotopic (exact) mass is 667 g/mol.